The minimum atomic E-state index is -4.92. The number of hydrogen-bond donors (Lipinski definition) is 1. The van der Waals surface area contributed by atoms with E-state index in [1.165, 1.54) is 0 Å². The molecule has 1 aromatic heterocycles. The summed E-state index contributed by atoms with van der Waals surface area (Å²) in [7, 11) is 0. The summed E-state index contributed by atoms with van der Waals surface area (Å²) in [6.45, 7) is 1.69. The largest absolute Gasteiger partial charge is 0.416 e. The normalized spacial score (nSPS) is 11.5. The van der Waals surface area contributed by atoms with Gasteiger partial charge in [-0.25, -0.2) is 13.8 Å². The van der Waals surface area contributed by atoms with Crippen molar-refractivity contribution in [3.05, 3.63) is 70.2 Å². The van der Waals surface area contributed by atoms with Crippen molar-refractivity contribution >= 4 is 22.2 Å². The molecule has 0 fully saturated rings. The number of halogens is 5. The Labute approximate surface area is 154 Å². The van der Waals surface area contributed by atoms with Gasteiger partial charge in [0.05, 0.1) is 10.6 Å². The first-order valence-electron chi connectivity index (χ1n) is 7.57. The Bertz CT molecular complexity index is 976. The Balaban J connectivity index is 1.96. The summed E-state index contributed by atoms with van der Waals surface area (Å²) < 4.78 is 65.9. The average Bonchev–Trinajstić information content (AvgIpc) is 2.94. The van der Waals surface area contributed by atoms with Gasteiger partial charge in [0.15, 0.2) is 0 Å². The van der Waals surface area contributed by atoms with Crippen LogP contribution in [-0.2, 0) is 6.18 Å². The van der Waals surface area contributed by atoms with Gasteiger partial charge in [-0.05, 0) is 19.1 Å². The van der Waals surface area contributed by atoms with E-state index in [4.69, 9.17) is 0 Å². The molecule has 9 heteroatoms. The molecule has 0 unspecified atom stereocenters. The number of carbonyl (C=O) groups excluding carboxylic acids is 1. The van der Waals surface area contributed by atoms with E-state index in [0.717, 1.165) is 11.3 Å². The van der Waals surface area contributed by atoms with Crippen molar-refractivity contribution in [3.63, 3.8) is 0 Å². The number of nitrogens with one attached hydrogen (secondary N) is 1. The molecule has 0 radical (unpaired) electrons. The average molecular weight is 398 g/mol. The molecular formula is C18H11F5N2OS. The van der Waals surface area contributed by atoms with Crippen molar-refractivity contribution in [2.75, 3.05) is 5.32 Å². The Morgan fingerprint density at radius 2 is 1.67 bits per heavy atom. The van der Waals surface area contributed by atoms with Gasteiger partial charge in [0.2, 0.25) is 0 Å². The first-order valence-corrected chi connectivity index (χ1v) is 8.39. The van der Waals surface area contributed by atoms with Gasteiger partial charge in [0.25, 0.3) is 5.91 Å². The van der Waals surface area contributed by atoms with Crippen molar-refractivity contribution in [1.29, 1.82) is 0 Å². The summed E-state index contributed by atoms with van der Waals surface area (Å²) in [5.74, 6) is -4.38. The second-order valence-electron chi connectivity index (χ2n) is 5.54. The fourth-order valence-corrected chi connectivity index (χ4v) is 3.26. The number of thiazole rings is 1. The van der Waals surface area contributed by atoms with E-state index in [1.54, 1.807) is 37.3 Å². The lowest BCUT2D eigenvalue weighted by molar-refractivity contribution is -0.138. The minimum Gasteiger partial charge on any atom is -0.312 e. The van der Waals surface area contributed by atoms with Crippen molar-refractivity contribution < 1.29 is 26.7 Å². The van der Waals surface area contributed by atoms with Crippen LogP contribution >= 0.6 is 11.3 Å². The van der Waals surface area contributed by atoms with E-state index in [0.29, 0.717) is 16.3 Å². The van der Waals surface area contributed by atoms with Crippen LogP contribution < -0.4 is 5.32 Å². The number of benzene rings is 2. The molecule has 1 amide bonds. The first-order chi connectivity index (χ1) is 12.7. The van der Waals surface area contributed by atoms with E-state index >= 15 is 0 Å². The standard InChI is InChI=1S/C18H11F5N2OS/c1-9-24-15(10-5-3-2-4-6-10)17(27-9)25-16(26)14-12(19)7-11(8-13(14)20)18(21,22)23/h2-8H,1H3,(H,25,26). The fraction of sp³-hybridized carbons (Fsp3) is 0.111. The van der Waals surface area contributed by atoms with Crippen LogP contribution in [0.25, 0.3) is 11.3 Å². The highest BCUT2D eigenvalue weighted by Crippen LogP contribution is 2.34. The lowest BCUT2D eigenvalue weighted by atomic mass is 10.1. The quantitative estimate of drug-likeness (QED) is 0.578. The van der Waals surface area contributed by atoms with Crippen LogP contribution in [0.5, 0.6) is 0 Å². The van der Waals surface area contributed by atoms with Gasteiger partial charge in [-0.15, -0.1) is 11.3 Å². The molecular weight excluding hydrogens is 387 g/mol. The molecule has 0 aliphatic rings. The Morgan fingerprint density at radius 3 is 2.22 bits per heavy atom. The van der Waals surface area contributed by atoms with Crippen molar-refractivity contribution in [2.45, 2.75) is 13.1 Å². The molecule has 0 aliphatic carbocycles. The van der Waals surface area contributed by atoms with Gasteiger partial charge in [0, 0.05) is 5.56 Å². The zero-order valence-corrected chi connectivity index (χ0v) is 14.5. The van der Waals surface area contributed by atoms with Gasteiger partial charge in [-0.3, -0.25) is 4.79 Å². The first kappa shape index (κ1) is 19.0. The summed E-state index contributed by atoms with van der Waals surface area (Å²) in [5, 5.41) is 3.18. The topological polar surface area (TPSA) is 42.0 Å². The number of aromatic nitrogens is 1. The highest BCUT2D eigenvalue weighted by molar-refractivity contribution is 7.16. The molecule has 0 aliphatic heterocycles. The predicted molar refractivity (Wildman–Crippen MR) is 91.6 cm³/mol. The molecule has 3 nitrogen and oxygen atoms in total. The maximum Gasteiger partial charge on any atom is 0.416 e. The highest BCUT2D eigenvalue weighted by atomic mass is 32.1. The number of alkyl halides is 3. The third-order valence-electron chi connectivity index (χ3n) is 3.60. The third-order valence-corrected chi connectivity index (χ3v) is 4.49. The lowest BCUT2D eigenvalue weighted by Crippen LogP contribution is -2.17. The number of nitrogens with zero attached hydrogens (tertiary/aromatic N) is 1. The van der Waals surface area contributed by atoms with Crippen LogP contribution in [0, 0.1) is 18.6 Å². The molecule has 1 heterocycles. The summed E-state index contributed by atoms with van der Waals surface area (Å²) in [4.78, 5) is 16.6. The predicted octanol–water partition coefficient (Wildman–Crippen LogP) is 5.67. The second-order valence-corrected chi connectivity index (χ2v) is 6.75. The number of rotatable bonds is 3. The van der Waals surface area contributed by atoms with Gasteiger partial charge in [-0.2, -0.15) is 13.2 Å². The van der Waals surface area contributed by atoms with Crippen LogP contribution in [0.15, 0.2) is 42.5 Å². The van der Waals surface area contributed by atoms with Crippen molar-refractivity contribution in [2.24, 2.45) is 0 Å². The fourth-order valence-electron chi connectivity index (χ4n) is 2.42. The smallest absolute Gasteiger partial charge is 0.312 e. The minimum absolute atomic E-state index is 0.0913. The van der Waals surface area contributed by atoms with Crippen LogP contribution in [0.2, 0.25) is 0 Å². The maximum atomic E-state index is 14.0. The van der Waals surface area contributed by atoms with Crippen molar-refractivity contribution in [1.82, 2.24) is 4.98 Å². The molecule has 3 rings (SSSR count). The zero-order valence-electron chi connectivity index (χ0n) is 13.7. The molecule has 1 N–H and O–H groups in total. The number of anilines is 1. The second kappa shape index (κ2) is 7.07. The summed E-state index contributed by atoms with van der Waals surface area (Å²) in [5.41, 5.74) is -1.52. The Morgan fingerprint density at radius 1 is 1.07 bits per heavy atom. The van der Waals surface area contributed by atoms with Gasteiger partial charge < -0.3 is 5.32 Å². The van der Waals surface area contributed by atoms with E-state index in [1.807, 2.05) is 0 Å². The molecule has 2 aromatic carbocycles. The molecule has 27 heavy (non-hydrogen) atoms. The third kappa shape index (κ3) is 3.97. The van der Waals surface area contributed by atoms with Crippen LogP contribution in [-0.4, -0.2) is 10.9 Å². The maximum absolute atomic E-state index is 14.0. The van der Waals surface area contributed by atoms with Crippen LogP contribution in [0.1, 0.15) is 20.9 Å². The Hall–Kier alpha value is -2.81. The Kier molecular flexibility index (Phi) is 4.97. The van der Waals surface area contributed by atoms with E-state index < -0.39 is 34.8 Å². The molecule has 3 aromatic rings. The van der Waals surface area contributed by atoms with Gasteiger partial charge in [0.1, 0.15) is 27.9 Å². The molecule has 0 atom stereocenters. The van der Waals surface area contributed by atoms with Crippen LogP contribution in [0.4, 0.5) is 27.0 Å². The molecule has 0 spiro atoms. The number of carbonyl (C=O) groups is 1. The number of hydrogen-bond acceptors (Lipinski definition) is 3. The van der Waals surface area contributed by atoms with E-state index in [-0.39, 0.29) is 17.1 Å². The molecule has 140 valence electrons. The van der Waals surface area contributed by atoms with E-state index in [9.17, 15) is 26.7 Å². The zero-order chi connectivity index (χ0) is 19.8. The molecule has 0 saturated heterocycles. The molecule has 0 bridgehead atoms. The monoisotopic (exact) mass is 398 g/mol. The summed E-state index contributed by atoms with van der Waals surface area (Å²) in [6, 6.07) is 8.96. The lowest BCUT2D eigenvalue weighted by Gasteiger charge is -2.11. The SMILES string of the molecule is Cc1nc(-c2ccccc2)c(NC(=O)c2c(F)cc(C(F)(F)F)cc2F)s1. The van der Waals surface area contributed by atoms with Gasteiger partial charge >= 0.3 is 6.18 Å². The van der Waals surface area contributed by atoms with Crippen molar-refractivity contribution in [3.8, 4) is 11.3 Å². The summed E-state index contributed by atoms with van der Waals surface area (Å²) in [6.07, 6.45) is -4.92. The summed E-state index contributed by atoms with van der Waals surface area (Å²) >= 11 is 1.08. The van der Waals surface area contributed by atoms with Gasteiger partial charge in [-0.1, -0.05) is 30.3 Å². The number of amides is 1. The highest BCUT2D eigenvalue weighted by Gasteiger charge is 2.33. The van der Waals surface area contributed by atoms with Crippen LogP contribution in [0.3, 0.4) is 0 Å². The molecule has 0 saturated carbocycles. The number of aryl methyl sites for hydroxylation is 1. The van der Waals surface area contributed by atoms with E-state index in [2.05, 4.69) is 10.3 Å².